The minimum Gasteiger partial charge on any atom is -0.494 e. The van der Waals surface area contributed by atoms with Crippen LogP contribution in [0.2, 0.25) is 0 Å². The molecule has 8 nitrogen and oxygen atoms in total. The fourth-order valence-electron chi connectivity index (χ4n) is 7.55. The lowest BCUT2D eigenvalue weighted by Crippen LogP contribution is -2.41. The molecule has 3 atom stereocenters. The van der Waals surface area contributed by atoms with E-state index in [2.05, 4.69) is 10.6 Å². The quantitative estimate of drug-likeness (QED) is 0.261. The van der Waals surface area contributed by atoms with Gasteiger partial charge in [-0.1, -0.05) is 30.3 Å². The summed E-state index contributed by atoms with van der Waals surface area (Å²) in [5, 5.41) is 10.7. The Morgan fingerprint density at radius 3 is 2.66 bits per heavy atom. The van der Waals surface area contributed by atoms with E-state index in [9.17, 15) is 9.90 Å². The van der Waals surface area contributed by atoms with Gasteiger partial charge in [0.25, 0.3) is 5.91 Å². The Morgan fingerprint density at radius 1 is 1.11 bits per heavy atom. The number of aliphatic hydroxyl groups excluding tert-OH is 1. The van der Waals surface area contributed by atoms with Crippen molar-refractivity contribution >= 4 is 27.8 Å². The minimum absolute atomic E-state index is 0.0204. The number of amides is 1. The van der Waals surface area contributed by atoms with Crippen molar-refractivity contribution in [3.05, 3.63) is 71.5 Å². The lowest BCUT2D eigenvalue weighted by molar-refractivity contribution is 0.0700. The van der Waals surface area contributed by atoms with Crippen molar-refractivity contribution in [1.82, 2.24) is 19.0 Å². The van der Waals surface area contributed by atoms with Crippen LogP contribution in [0.1, 0.15) is 41.6 Å². The standard InChI is InChI=1S/C35H36FN5O3/c1-39-33-26(12-24(15-30(33)44-2)35(43)41-17-22-10-11-27(41)32(22)37)38-34(39)29-14-21-9-8-20(13-28(21)40(29)16-19-6-7-19)25-5-3-4-23(18-42)31(25)36/h3-5,8-9,12-15,19,22,27,32,42H,6-7,10-11,16-18,37H2,1-2H3/t22?,27?,32-/m1/s1. The van der Waals surface area contributed by atoms with Gasteiger partial charge in [-0.15, -0.1) is 0 Å². The molecule has 2 saturated carbocycles. The maximum Gasteiger partial charge on any atom is 0.254 e. The molecule has 1 aliphatic heterocycles. The van der Waals surface area contributed by atoms with Gasteiger partial charge in [-0.2, -0.15) is 0 Å². The number of halogens is 1. The first kappa shape index (κ1) is 27.3. The zero-order valence-corrected chi connectivity index (χ0v) is 25.0. The monoisotopic (exact) mass is 593 g/mol. The van der Waals surface area contributed by atoms with Gasteiger partial charge in [-0.25, -0.2) is 9.37 Å². The van der Waals surface area contributed by atoms with Crippen LogP contribution in [0.15, 0.2) is 54.6 Å². The number of carbonyl (C=O) groups is 1. The van der Waals surface area contributed by atoms with E-state index in [1.54, 1.807) is 25.3 Å². The highest BCUT2D eigenvalue weighted by atomic mass is 19.1. The molecule has 2 aliphatic carbocycles. The van der Waals surface area contributed by atoms with Gasteiger partial charge in [0.05, 0.1) is 24.9 Å². The van der Waals surface area contributed by atoms with E-state index in [4.69, 9.17) is 15.5 Å². The van der Waals surface area contributed by atoms with Crippen LogP contribution in [-0.2, 0) is 20.2 Å². The molecular weight excluding hydrogens is 557 g/mol. The van der Waals surface area contributed by atoms with Gasteiger partial charge >= 0.3 is 0 Å². The maximum absolute atomic E-state index is 15.2. The minimum atomic E-state index is -0.397. The molecule has 3 N–H and O–H groups in total. The fourth-order valence-corrected chi connectivity index (χ4v) is 7.55. The summed E-state index contributed by atoms with van der Waals surface area (Å²) in [4.78, 5) is 20.7. The van der Waals surface area contributed by atoms with Crippen LogP contribution in [0.3, 0.4) is 0 Å². The second-order valence-electron chi connectivity index (χ2n) is 12.8. The second-order valence-corrected chi connectivity index (χ2v) is 12.8. The van der Waals surface area contributed by atoms with E-state index in [0.717, 1.165) is 52.9 Å². The number of imidazole rings is 1. The van der Waals surface area contributed by atoms with E-state index in [-0.39, 0.29) is 30.2 Å². The number of methoxy groups -OCH3 is 1. The van der Waals surface area contributed by atoms with Gasteiger partial charge in [-0.3, -0.25) is 4.79 Å². The van der Waals surface area contributed by atoms with Gasteiger partial charge in [0.1, 0.15) is 17.1 Å². The summed E-state index contributed by atoms with van der Waals surface area (Å²) >= 11 is 0. The molecule has 3 aliphatic rings. The van der Waals surface area contributed by atoms with Crippen LogP contribution in [0.5, 0.6) is 5.75 Å². The zero-order chi connectivity index (χ0) is 30.3. The van der Waals surface area contributed by atoms with Crippen molar-refractivity contribution < 1.29 is 19.0 Å². The largest absolute Gasteiger partial charge is 0.494 e. The Kier molecular flexibility index (Phi) is 6.32. The number of benzene rings is 3. The summed E-state index contributed by atoms with van der Waals surface area (Å²) in [6, 6.07) is 17.1. The number of ether oxygens (including phenoxy) is 1. The Hall–Kier alpha value is -4.21. The third kappa shape index (κ3) is 4.17. The summed E-state index contributed by atoms with van der Waals surface area (Å²) in [6.45, 7) is 1.19. The molecule has 0 radical (unpaired) electrons. The van der Waals surface area contributed by atoms with Crippen LogP contribution in [0.4, 0.5) is 4.39 Å². The maximum atomic E-state index is 15.2. The first-order valence-electron chi connectivity index (χ1n) is 15.5. The SMILES string of the molecule is COc1cc(C(=O)N2CC3CCC2[C@@H]3N)cc2nc(-c3cc4ccc(-c5cccc(CO)c5F)cc4n3CC3CC3)n(C)c12. The topological polar surface area (TPSA) is 98.5 Å². The van der Waals surface area contributed by atoms with Gasteiger partial charge in [0.2, 0.25) is 0 Å². The first-order chi connectivity index (χ1) is 21.4. The molecule has 1 saturated heterocycles. The second kappa shape index (κ2) is 10.2. The van der Waals surface area contributed by atoms with Crippen LogP contribution >= 0.6 is 0 Å². The van der Waals surface area contributed by atoms with Crippen molar-refractivity contribution in [2.75, 3.05) is 13.7 Å². The van der Waals surface area contributed by atoms with Gasteiger partial charge < -0.3 is 29.6 Å². The molecule has 8 rings (SSSR count). The third-order valence-corrected chi connectivity index (χ3v) is 10.1. The molecule has 2 bridgehead atoms. The average Bonchev–Trinajstić information content (AvgIpc) is 3.44. The molecule has 3 fully saturated rings. The fraction of sp³-hybridized carbons (Fsp3) is 0.371. The molecule has 226 valence electrons. The molecule has 9 heteroatoms. The number of aliphatic hydroxyl groups is 1. The van der Waals surface area contributed by atoms with E-state index in [1.165, 1.54) is 12.8 Å². The first-order valence-corrected chi connectivity index (χ1v) is 15.5. The molecule has 0 spiro atoms. The molecule has 44 heavy (non-hydrogen) atoms. The molecule has 2 unspecified atom stereocenters. The highest BCUT2D eigenvalue weighted by Crippen LogP contribution is 2.41. The smallest absolute Gasteiger partial charge is 0.254 e. The van der Waals surface area contributed by atoms with Gasteiger partial charge in [0, 0.05) is 59.8 Å². The number of aromatic nitrogens is 3. The molecule has 3 aromatic carbocycles. The van der Waals surface area contributed by atoms with Gasteiger partial charge in [-0.05, 0) is 67.3 Å². The summed E-state index contributed by atoms with van der Waals surface area (Å²) in [5.41, 5.74) is 12.0. The van der Waals surface area contributed by atoms with Crippen molar-refractivity contribution in [3.63, 3.8) is 0 Å². The van der Waals surface area contributed by atoms with E-state index in [1.807, 2.05) is 46.8 Å². The Labute approximate surface area is 254 Å². The number of hydrogen-bond acceptors (Lipinski definition) is 5. The summed E-state index contributed by atoms with van der Waals surface area (Å²) < 4.78 is 25.4. The predicted molar refractivity (Wildman–Crippen MR) is 168 cm³/mol. The predicted octanol–water partition coefficient (Wildman–Crippen LogP) is 5.47. The number of likely N-dealkylation sites (tertiary alicyclic amines) is 1. The number of rotatable bonds is 7. The van der Waals surface area contributed by atoms with Crippen LogP contribution < -0.4 is 10.5 Å². The number of aryl methyl sites for hydroxylation is 1. The number of piperidine rings is 1. The molecule has 3 heterocycles. The van der Waals surface area contributed by atoms with Crippen LogP contribution in [0.25, 0.3) is 44.6 Å². The van der Waals surface area contributed by atoms with Gasteiger partial charge in [0.15, 0.2) is 5.82 Å². The lowest BCUT2D eigenvalue weighted by atomic mass is 10.0. The Morgan fingerprint density at radius 2 is 1.95 bits per heavy atom. The lowest BCUT2D eigenvalue weighted by Gasteiger charge is -2.27. The Bertz CT molecular complexity index is 1960. The number of hydrogen-bond donors (Lipinski definition) is 2. The van der Waals surface area contributed by atoms with E-state index < -0.39 is 5.82 Å². The molecule has 5 aromatic rings. The van der Waals surface area contributed by atoms with Crippen molar-refractivity contribution in [2.24, 2.45) is 24.6 Å². The number of carbonyl (C=O) groups excluding carboxylic acids is 1. The molecular formula is C35H36FN5O3. The van der Waals surface area contributed by atoms with Crippen LogP contribution in [-0.4, -0.2) is 55.8 Å². The highest BCUT2D eigenvalue weighted by Gasteiger charge is 2.47. The number of nitrogens with zero attached hydrogens (tertiary/aromatic N) is 4. The highest BCUT2D eigenvalue weighted by molar-refractivity contribution is 6.00. The zero-order valence-electron chi connectivity index (χ0n) is 25.0. The van der Waals surface area contributed by atoms with Crippen molar-refractivity contribution in [2.45, 2.75) is 50.9 Å². The summed E-state index contributed by atoms with van der Waals surface area (Å²) in [7, 11) is 3.60. The summed E-state index contributed by atoms with van der Waals surface area (Å²) in [5.74, 6) is 1.92. The van der Waals surface area contributed by atoms with Crippen LogP contribution in [0, 0.1) is 17.7 Å². The third-order valence-electron chi connectivity index (χ3n) is 10.1. The van der Waals surface area contributed by atoms with E-state index in [0.29, 0.717) is 40.8 Å². The van der Waals surface area contributed by atoms with Crippen molar-refractivity contribution in [3.8, 4) is 28.4 Å². The number of fused-ring (bicyclic) bond motifs is 4. The average molecular weight is 594 g/mol. The normalized spacial score (nSPS) is 21.2. The molecule has 2 aromatic heterocycles. The summed E-state index contributed by atoms with van der Waals surface area (Å²) in [6.07, 6.45) is 4.39. The number of nitrogens with two attached hydrogens (primary N) is 1. The van der Waals surface area contributed by atoms with E-state index >= 15 is 4.39 Å². The molecule has 1 amide bonds. The Balaban J connectivity index is 1.25. The van der Waals surface area contributed by atoms with Crippen molar-refractivity contribution in [1.29, 1.82) is 0 Å².